The molecule has 0 fully saturated rings. The molecule has 0 aromatic heterocycles. The van der Waals surface area contributed by atoms with Gasteiger partial charge in [0.1, 0.15) is 18.5 Å². The molecule has 0 radical (unpaired) electrons. The average molecular weight is 340 g/mol. The molecule has 0 amide bonds. The zero-order valence-corrected chi connectivity index (χ0v) is 11.4. The number of ether oxygens (including phenoxy) is 1. The highest BCUT2D eigenvalue weighted by Crippen LogP contribution is 2.18. The lowest BCUT2D eigenvalue weighted by molar-refractivity contribution is 0.108. The van der Waals surface area contributed by atoms with Crippen LogP contribution in [-0.4, -0.2) is 11.7 Å². The average Bonchev–Trinajstić information content (AvgIpc) is 2.37. The van der Waals surface area contributed by atoms with E-state index in [0.29, 0.717) is 0 Å². The van der Waals surface area contributed by atoms with Crippen LogP contribution in [0.15, 0.2) is 54.6 Å². The number of hydrogen-bond donors (Lipinski definition) is 1. The molecule has 0 saturated carbocycles. The van der Waals surface area contributed by atoms with E-state index in [0.717, 1.165) is 14.9 Å². The SMILES string of the molecule is OC(COc1cccc(I)c1)c1ccccc1. The van der Waals surface area contributed by atoms with Gasteiger partial charge in [-0.05, 0) is 46.4 Å². The first-order chi connectivity index (χ1) is 8.25. The molecule has 2 aromatic carbocycles. The van der Waals surface area contributed by atoms with Crippen LogP contribution in [0.1, 0.15) is 11.7 Å². The van der Waals surface area contributed by atoms with E-state index in [1.54, 1.807) is 0 Å². The topological polar surface area (TPSA) is 29.5 Å². The first-order valence-corrected chi connectivity index (χ1v) is 6.45. The molecule has 0 spiro atoms. The van der Waals surface area contributed by atoms with Crippen LogP contribution in [0.2, 0.25) is 0 Å². The highest BCUT2D eigenvalue weighted by atomic mass is 127. The smallest absolute Gasteiger partial charge is 0.120 e. The molecule has 2 aromatic rings. The van der Waals surface area contributed by atoms with Gasteiger partial charge in [-0.3, -0.25) is 0 Å². The fourth-order valence-electron chi connectivity index (χ4n) is 1.50. The summed E-state index contributed by atoms with van der Waals surface area (Å²) in [4.78, 5) is 0. The Morgan fingerprint density at radius 1 is 1.06 bits per heavy atom. The number of halogens is 1. The van der Waals surface area contributed by atoms with Gasteiger partial charge in [0.15, 0.2) is 0 Å². The Labute approximate surface area is 114 Å². The largest absolute Gasteiger partial charge is 0.490 e. The van der Waals surface area contributed by atoms with Gasteiger partial charge in [0.25, 0.3) is 0 Å². The second-order valence-corrected chi connectivity index (χ2v) is 4.94. The third-order valence-electron chi connectivity index (χ3n) is 2.39. The van der Waals surface area contributed by atoms with Crippen LogP contribution >= 0.6 is 22.6 Å². The minimum atomic E-state index is -0.589. The zero-order valence-electron chi connectivity index (χ0n) is 9.21. The number of benzene rings is 2. The number of aliphatic hydroxyl groups excluding tert-OH is 1. The molecule has 0 saturated heterocycles. The van der Waals surface area contributed by atoms with Crippen molar-refractivity contribution in [2.24, 2.45) is 0 Å². The van der Waals surface area contributed by atoms with Crippen LogP contribution in [0.25, 0.3) is 0 Å². The molecular weight excluding hydrogens is 327 g/mol. The lowest BCUT2D eigenvalue weighted by Gasteiger charge is -2.12. The van der Waals surface area contributed by atoms with Crippen molar-refractivity contribution in [2.45, 2.75) is 6.10 Å². The number of rotatable bonds is 4. The van der Waals surface area contributed by atoms with Crippen molar-refractivity contribution < 1.29 is 9.84 Å². The van der Waals surface area contributed by atoms with Crippen LogP contribution in [-0.2, 0) is 0 Å². The second-order valence-electron chi connectivity index (χ2n) is 3.69. The zero-order chi connectivity index (χ0) is 12.1. The van der Waals surface area contributed by atoms with Gasteiger partial charge in [-0.15, -0.1) is 0 Å². The summed E-state index contributed by atoms with van der Waals surface area (Å²) in [6.45, 7) is 0.268. The predicted molar refractivity (Wildman–Crippen MR) is 76.1 cm³/mol. The molecular formula is C14H13IO2. The maximum absolute atomic E-state index is 9.92. The Bertz CT molecular complexity index is 471. The summed E-state index contributed by atoms with van der Waals surface area (Å²) in [6, 6.07) is 17.3. The molecule has 2 nitrogen and oxygen atoms in total. The van der Waals surface area contributed by atoms with Crippen LogP contribution < -0.4 is 4.74 Å². The van der Waals surface area contributed by atoms with Gasteiger partial charge in [0.2, 0.25) is 0 Å². The molecule has 0 bridgehead atoms. The first kappa shape index (κ1) is 12.4. The molecule has 3 heteroatoms. The molecule has 88 valence electrons. The summed E-state index contributed by atoms with van der Waals surface area (Å²) in [6.07, 6.45) is -0.589. The lowest BCUT2D eigenvalue weighted by Crippen LogP contribution is -2.09. The van der Waals surface area contributed by atoms with E-state index >= 15 is 0 Å². The van der Waals surface area contributed by atoms with Crippen LogP contribution in [0, 0.1) is 3.57 Å². The van der Waals surface area contributed by atoms with E-state index in [9.17, 15) is 5.11 Å². The summed E-state index contributed by atoms with van der Waals surface area (Å²) >= 11 is 2.23. The van der Waals surface area contributed by atoms with Crippen LogP contribution in [0.4, 0.5) is 0 Å². The van der Waals surface area contributed by atoms with Gasteiger partial charge in [0.05, 0.1) is 0 Å². The van der Waals surface area contributed by atoms with E-state index in [2.05, 4.69) is 22.6 Å². The Balaban J connectivity index is 1.95. The summed E-state index contributed by atoms with van der Waals surface area (Å²) in [5.74, 6) is 0.784. The second kappa shape index (κ2) is 6.02. The monoisotopic (exact) mass is 340 g/mol. The molecule has 0 aliphatic carbocycles. The van der Waals surface area contributed by atoms with Crippen molar-refractivity contribution in [3.8, 4) is 5.75 Å². The summed E-state index contributed by atoms with van der Waals surface area (Å²) < 4.78 is 6.67. The van der Waals surface area contributed by atoms with Crippen molar-refractivity contribution in [1.29, 1.82) is 0 Å². The Morgan fingerprint density at radius 3 is 2.53 bits per heavy atom. The number of aliphatic hydroxyl groups is 1. The van der Waals surface area contributed by atoms with E-state index in [4.69, 9.17) is 4.74 Å². The fourth-order valence-corrected chi connectivity index (χ4v) is 2.02. The van der Waals surface area contributed by atoms with Crippen molar-refractivity contribution in [1.82, 2.24) is 0 Å². The predicted octanol–water partition coefficient (Wildman–Crippen LogP) is 3.40. The molecule has 1 unspecified atom stereocenters. The van der Waals surface area contributed by atoms with Crippen molar-refractivity contribution >= 4 is 22.6 Å². The van der Waals surface area contributed by atoms with E-state index in [1.807, 2.05) is 54.6 Å². The lowest BCUT2D eigenvalue weighted by atomic mass is 10.1. The normalized spacial score (nSPS) is 12.1. The van der Waals surface area contributed by atoms with Gasteiger partial charge in [-0.2, -0.15) is 0 Å². The summed E-state index contributed by atoms with van der Waals surface area (Å²) in [7, 11) is 0. The van der Waals surface area contributed by atoms with Gasteiger partial charge in [0, 0.05) is 3.57 Å². The molecule has 0 aliphatic rings. The van der Waals surface area contributed by atoms with Crippen molar-refractivity contribution in [3.05, 3.63) is 63.7 Å². The fraction of sp³-hybridized carbons (Fsp3) is 0.143. The Morgan fingerprint density at radius 2 is 1.82 bits per heavy atom. The highest BCUT2D eigenvalue weighted by Gasteiger charge is 2.07. The minimum Gasteiger partial charge on any atom is -0.490 e. The standard InChI is InChI=1S/C14H13IO2/c15-12-7-4-8-13(9-12)17-10-14(16)11-5-2-1-3-6-11/h1-9,14,16H,10H2. The van der Waals surface area contributed by atoms with Gasteiger partial charge in [-0.25, -0.2) is 0 Å². The van der Waals surface area contributed by atoms with E-state index < -0.39 is 6.10 Å². The van der Waals surface area contributed by atoms with E-state index in [1.165, 1.54) is 0 Å². The minimum absolute atomic E-state index is 0.268. The molecule has 2 rings (SSSR count). The Kier molecular flexibility index (Phi) is 4.39. The Hall–Kier alpha value is -1.07. The van der Waals surface area contributed by atoms with Crippen LogP contribution in [0.5, 0.6) is 5.75 Å². The highest BCUT2D eigenvalue weighted by molar-refractivity contribution is 14.1. The third-order valence-corrected chi connectivity index (χ3v) is 3.06. The van der Waals surface area contributed by atoms with E-state index in [-0.39, 0.29) is 6.61 Å². The molecule has 0 heterocycles. The van der Waals surface area contributed by atoms with Crippen molar-refractivity contribution in [2.75, 3.05) is 6.61 Å². The maximum atomic E-state index is 9.92. The quantitative estimate of drug-likeness (QED) is 0.865. The van der Waals surface area contributed by atoms with Crippen molar-refractivity contribution in [3.63, 3.8) is 0 Å². The summed E-state index contributed by atoms with van der Waals surface area (Å²) in [5, 5.41) is 9.92. The molecule has 0 aliphatic heterocycles. The summed E-state index contributed by atoms with van der Waals surface area (Å²) in [5.41, 5.74) is 0.873. The molecule has 17 heavy (non-hydrogen) atoms. The van der Waals surface area contributed by atoms with Crippen LogP contribution in [0.3, 0.4) is 0 Å². The maximum Gasteiger partial charge on any atom is 0.120 e. The molecule has 1 N–H and O–H groups in total. The van der Waals surface area contributed by atoms with Gasteiger partial charge in [-0.1, -0.05) is 36.4 Å². The van der Waals surface area contributed by atoms with Gasteiger partial charge < -0.3 is 9.84 Å². The van der Waals surface area contributed by atoms with Gasteiger partial charge >= 0.3 is 0 Å². The molecule has 1 atom stereocenters. The number of hydrogen-bond acceptors (Lipinski definition) is 2. The third kappa shape index (κ3) is 3.71. The first-order valence-electron chi connectivity index (χ1n) is 5.37.